The van der Waals surface area contributed by atoms with Gasteiger partial charge in [0.05, 0.1) is 12.0 Å². The molecule has 1 atom stereocenters. The predicted molar refractivity (Wildman–Crippen MR) is 105 cm³/mol. The van der Waals surface area contributed by atoms with E-state index in [-0.39, 0.29) is 23.8 Å². The Kier molecular flexibility index (Phi) is 5.62. The Hall–Kier alpha value is -3.69. The minimum absolute atomic E-state index is 0.0775. The number of nitrogens with one attached hydrogen (secondary N) is 1. The van der Waals surface area contributed by atoms with Crippen LogP contribution in [0.1, 0.15) is 28.8 Å². The summed E-state index contributed by atoms with van der Waals surface area (Å²) in [7, 11) is 3.41. The number of imidazole rings is 1. The number of hydrogen-bond acceptors (Lipinski definition) is 6. The van der Waals surface area contributed by atoms with Crippen molar-refractivity contribution in [3.8, 4) is 5.75 Å². The van der Waals surface area contributed by atoms with Gasteiger partial charge in [-0.15, -0.1) is 0 Å². The average Bonchev–Trinajstić information content (AvgIpc) is 3.22. The van der Waals surface area contributed by atoms with Crippen LogP contribution in [0.3, 0.4) is 0 Å². The minimum atomic E-state index is -0.524. The average molecular weight is 398 g/mol. The number of amides is 1. The molecule has 3 rings (SSSR count). The molecule has 0 spiro atoms. The maximum absolute atomic E-state index is 12.8. The molecule has 1 aromatic carbocycles. The van der Waals surface area contributed by atoms with Gasteiger partial charge in [-0.05, 0) is 31.5 Å². The minimum Gasteiger partial charge on any atom is -0.497 e. The van der Waals surface area contributed by atoms with Crippen LogP contribution in [0.25, 0.3) is 0 Å². The summed E-state index contributed by atoms with van der Waals surface area (Å²) in [6.07, 6.45) is 3.44. The monoisotopic (exact) mass is 398 g/mol. The summed E-state index contributed by atoms with van der Waals surface area (Å²) < 4.78 is 8.44. The SMILES string of the molecule is COc1cccc(C(NC(=O)Cn2nc(C)c([N+](=O)[O-])c2C)c2nccn2C)c1. The van der Waals surface area contributed by atoms with E-state index in [2.05, 4.69) is 15.4 Å². The number of carbonyl (C=O) groups is 1. The van der Waals surface area contributed by atoms with Crippen molar-refractivity contribution < 1.29 is 14.5 Å². The lowest BCUT2D eigenvalue weighted by Gasteiger charge is -2.20. The molecular formula is C19H22N6O4. The molecule has 0 aliphatic carbocycles. The first-order chi connectivity index (χ1) is 13.8. The van der Waals surface area contributed by atoms with Gasteiger partial charge in [0.15, 0.2) is 0 Å². The largest absolute Gasteiger partial charge is 0.497 e. The lowest BCUT2D eigenvalue weighted by molar-refractivity contribution is -0.386. The van der Waals surface area contributed by atoms with Crippen LogP contribution in [0, 0.1) is 24.0 Å². The number of rotatable bonds is 7. The van der Waals surface area contributed by atoms with Crippen molar-refractivity contribution in [3.05, 3.63) is 69.5 Å². The molecule has 0 bridgehead atoms. The Morgan fingerprint density at radius 3 is 2.72 bits per heavy atom. The molecule has 1 unspecified atom stereocenters. The number of benzene rings is 1. The van der Waals surface area contributed by atoms with Gasteiger partial charge in [-0.25, -0.2) is 4.98 Å². The Morgan fingerprint density at radius 1 is 1.38 bits per heavy atom. The van der Waals surface area contributed by atoms with Gasteiger partial charge >= 0.3 is 5.69 Å². The predicted octanol–water partition coefficient (Wildman–Crippen LogP) is 2.06. The fraction of sp³-hybridized carbons (Fsp3) is 0.316. The highest BCUT2D eigenvalue weighted by atomic mass is 16.6. The van der Waals surface area contributed by atoms with Crippen molar-refractivity contribution in [3.63, 3.8) is 0 Å². The van der Waals surface area contributed by atoms with E-state index in [0.29, 0.717) is 17.3 Å². The van der Waals surface area contributed by atoms with Crippen LogP contribution in [0.15, 0.2) is 36.7 Å². The number of ether oxygens (including phenoxy) is 1. The van der Waals surface area contributed by atoms with Crippen molar-refractivity contribution in [1.29, 1.82) is 0 Å². The van der Waals surface area contributed by atoms with Gasteiger partial charge in [0.2, 0.25) is 5.91 Å². The second kappa shape index (κ2) is 8.13. The quantitative estimate of drug-likeness (QED) is 0.481. The van der Waals surface area contributed by atoms with Gasteiger partial charge < -0.3 is 14.6 Å². The van der Waals surface area contributed by atoms with Crippen LogP contribution in [0.4, 0.5) is 5.69 Å². The van der Waals surface area contributed by atoms with E-state index in [1.165, 1.54) is 4.68 Å². The highest BCUT2D eigenvalue weighted by Crippen LogP contribution is 2.25. The fourth-order valence-electron chi connectivity index (χ4n) is 3.22. The molecule has 10 heteroatoms. The van der Waals surface area contributed by atoms with E-state index >= 15 is 0 Å². The van der Waals surface area contributed by atoms with Crippen LogP contribution in [-0.4, -0.2) is 37.3 Å². The summed E-state index contributed by atoms with van der Waals surface area (Å²) >= 11 is 0. The smallest absolute Gasteiger partial charge is 0.312 e. The Balaban J connectivity index is 1.89. The van der Waals surface area contributed by atoms with Crippen LogP contribution in [0.5, 0.6) is 5.75 Å². The Morgan fingerprint density at radius 2 is 2.14 bits per heavy atom. The van der Waals surface area contributed by atoms with Gasteiger partial charge in [0.25, 0.3) is 0 Å². The zero-order chi connectivity index (χ0) is 21.1. The molecule has 0 aliphatic heterocycles. The highest BCUT2D eigenvalue weighted by molar-refractivity contribution is 5.77. The number of nitro groups is 1. The topological polar surface area (TPSA) is 117 Å². The Labute approximate surface area is 167 Å². The maximum Gasteiger partial charge on any atom is 0.312 e. The summed E-state index contributed by atoms with van der Waals surface area (Å²) in [4.78, 5) is 27.9. The van der Waals surface area contributed by atoms with Gasteiger partial charge in [0, 0.05) is 19.4 Å². The summed E-state index contributed by atoms with van der Waals surface area (Å²) in [6, 6.07) is 6.82. The van der Waals surface area contributed by atoms with Crippen molar-refractivity contribution in [2.24, 2.45) is 7.05 Å². The molecule has 0 saturated carbocycles. The molecule has 0 radical (unpaired) electrons. The molecule has 0 fully saturated rings. The standard InChI is InChI=1S/C19H22N6O4/c1-12-18(25(27)28)13(2)24(22-12)11-16(26)21-17(19-20-8-9-23(19)3)14-6-5-7-15(10-14)29-4/h5-10,17H,11H2,1-4H3,(H,21,26). The van der Waals surface area contributed by atoms with E-state index in [4.69, 9.17) is 4.74 Å². The first-order valence-corrected chi connectivity index (χ1v) is 8.90. The molecule has 29 heavy (non-hydrogen) atoms. The van der Waals surface area contributed by atoms with Crippen LogP contribution >= 0.6 is 0 Å². The molecule has 3 aromatic rings. The zero-order valence-corrected chi connectivity index (χ0v) is 16.6. The molecular weight excluding hydrogens is 376 g/mol. The van der Waals surface area contributed by atoms with Crippen LogP contribution in [-0.2, 0) is 18.4 Å². The summed E-state index contributed by atoms with van der Waals surface area (Å²) in [6.45, 7) is 2.97. The van der Waals surface area contributed by atoms with E-state index in [1.54, 1.807) is 33.4 Å². The van der Waals surface area contributed by atoms with Crippen LogP contribution < -0.4 is 10.1 Å². The van der Waals surface area contributed by atoms with Gasteiger partial charge in [0.1, 0.15) is 35.5 Å². The molecule has 0 aliphatic rings. The molecule has 1 amide bonds. The Bertz CT molecular complexity index is 1050. The van der Waals surface area contributed by atoms with E-state index in [1.807, 2.05) is 35.9 Å². The summed E-state index contributed by atoms with van der Waals surface area (Å²) in [5.74, 6) is 0.956. The molecule has 1 N–H and O–H groups in total. The molecule has 2 heterocycles. The normalized spacial score (nSPS) is 11.9. The zero-order valence-electron chi connectivity index (χ0n) is 16.6. The number of aromatic nitrogens is 4. The number of carbonyl (C=O) groups excluding carboxylic acids is 1. The third-order valence-electron chi connectivity index (χ3n) is 4.67. The van der Waals surface area contributed by atoms with Gasteiger partial charge in [-0.1, -0.05) is 12.1 Å². The molecule has 2 aromatic heterocycles. The lowest BCUT2D eigenvalue weighted by atomic mass is 10.1. The van der Waals surface area contributed by atoms with E-state index in [9.17, 15) is 14.9 Å². The fourth-order valence-corrected chi connectivity index (χ4v) is 3.22. The lowest BCUT2D eigenvalue weighted by Crippen LogP contribution is -2.34. The van der Waals surface area contributed by atoms with Crippen molar-refractivity contribution in [1.82, 2.24) is 24.6 Å². The second-order valence-corrected chi connectivity index (χ2v) is 6.61. The number of hydrogen-bond donors (Lipinski definition) is 1. The third-order valence-corrected chi connectivity index (χ3v) is 4.67. The third kappa shape index (κ3) is 4.10. The molecule has 152 valence electrons. The van der Waals surface area contributed by atoms with E-state index < -0.39 is 11.0 Å². The first-order valence-electron chi connectivity index (χ1n) is 8.90. The number of aryl methyl sites for hydroxylation is 2. The maximum atomic E-state index is 12.8. The second-order valence-electron chi connectivity index (χ2n) is 6.61. The van der Waals surface area contributed by atoms with E-state index in [0.717, 1.165) is 5.56 Å². The van der Waals surface area contributed by atoms with Crippen LogP contribution in [0.2, 0.25) is 0 Å². The van der Waals surface area contributed by atoms with Crippen molar-refractivity contribution in [2.45, 2.75) is 26.4 Å². The first kappa shape index (κ1) is 20.1. The number of methoxy groups -OCH3 is 1. The summed E-state index contributed by atoms with van der Waals surface area (Å²) in [5.41, 5.74) is 1.32. The van der Waals surface area contributed by atoms with Gasteiger partial charge in [-0.2, -0.15) is 5.10 Å². The highest BCUT2D eigenvalue weighted by Gasteiger charge is 2.25. The summed E-state index contributed by atoms with van der Waals surface area (Å²) in [5, 5.41) is 18.3. The molecule has 0 saturated heterocycles. The number of nitrogens with zero attached hydrogens (tertiary/aromatic N) is 5. The van der Waals surface area contributed by atoms with Gasteiger partial charge in [-0.3, -0.25) is 19.6 Å². The molecule has 10 nitrogen and oxygen atoms in total. The van der Waals surface area contributed by atoms with Crippen molar-refractivity contribution >= 4 is 11.6 Å². The van der Waals surface area contributed by atoms with Crippen molar-refractivity contribution in [2.75, 3.05) is 7.11 Å².